The van der Waals surface area contributed by atoms with E-state index in [0.29, 0.717) is 11.3 Å². The summed E-state index contributed by atoms with van der Waals surface area (Å²) in [5, 5.41) is 0.285. The van der Waals surface area contributed by atoms with Gasteiger partial charge in [0.25, 0.3) is 5.56 Å². The van der Waals surface area contributed by atoms with Gasteiger partial charge in [0.1, 0.15) is 5.82 Å². The van der Waals surface area contributed by atoms with Crippen LogP contribution in [-0.2, 0) is 5.75 Å². The molecule has 0 saturated heterocycles. The Balaban J connectivity index is 1.57. The molecule has 0 fully saturated rings. The van der Waals surface area contributed by atoms with Crippen molar-refractivity contribution < 1.29 is 9.18 Å². The highest BCUT2D eigenvalue weighted by Gasteiger charge is 2.30. The average molecular weight is 388 g/mol. The lowest BCUT2D eigenvalue weighted by molar-refractivity contribution is 0.103. The number of aromatic nitrogens is 2. The topological polar surface area (TPSA) is 52.0 Å². The molecule has 136 valence electrons. The lowest BCUT2D eigenvalue weighted by atomic mass is 10.1. The number of ketones is 1. The van der Waals surface area contributed by atoms with Crippen molar-refractivity contribution in [2.45, 2.75) is 10.6 Å². The van der Waals surface area contributed by atoms with E-state index >= 15 is 0 Å². The summed E-state index contributed by atoms with van der Waals surface area (Å²) in [6.07, 6.45) is 0. The van der Waals surface area contributed by atoms with Gasteiger partial charge < -0.3 is 0 Å². The van der Waals surface area contributed by atoms with Crippen LogP contribution in [0.2, 0.25) is 0 Å². The predicted octanol–water partition coefficient (Wildman–Crippen LogP) is 4.36. The third kappa shape index (κ3) is 2.65. The average Bonchev–Trinajstić information content (AvgIpc) is 2.99. The van der Waals surface area contributed by atoms with Crippen LogP contribution in [0.3, 0.4) is 0 Å². The van der Waals surface area contributed by atoms with Crippen LogP contribution >= 0.6 is 11.8 Å². The van der Waals surface area contributed by atoms with Crippen LogP contribution in [0.25, 0.3) is 16.6 Å². The second kappa shape index (κ2) is 6.42. The summed E-state index contributed by atoms with van der Waals surface area (Å²) in [4.78, 5) is 30.9. The minimum Gasteiger partial charge on any atom is -0.285 e. The first-order valence-electron chi connectivity index (χ1n) is 8.70. The van der Waals surface area contributed by atoms with Gasteiger partial charge >= 0.3 is 0 Å². The van der Waals surface area contributed by atoms with E-state index in [4.69, 9.17) is 0 Å². The third-order valence-corrected chi connectivity index (χ3v) is 5.80. The van der Waals surface area contributed by atoms with Gasteiger partial charge in [-0.05, 0) is 35.9 Å². The van der Waals surface area contributed by atoms with E-state index in [1.54, 1.807) is 23.9 Å². The summed E-state index contributed by atoms with van der Waals surface area (Å²) in [7, 11) is 0. The fourth-order valence-electron chi connectivity index (χ4n) is 3.38. The van der Waals surface area contributed by atoms with Gasteiger partial charge in [-0.3, -0.25) is 14.2 Å². The molecule has 2 heterocycles. The second-order valence-electron chi connectivity index (χ2n) is 6.52. The van der Waals surface area contributed by atoms with Crippen molar-refractivity contribution >= 4 is 28.4 Å². The van der Waals surface area contributed by atoms with Crippen LogP contribution < -0.4 is 5.56 Å². The Kier molecular flexibility index (Phi) is 3.87. The summed E-state index contributed by atoms with van der Waals surface area (Å²) < 4.78 is 14.8. The van der Waals surface area contributed by atoms with Crippen LogP contribution in [0.1, 0.15) is 21.7 Å². The number of hydrogen-bond donors (Lipinski definition) is 0. The van der Waals surface area contributed by atoms with Crippen molar-refractivity contribution in [2.24, 2.45) is 0 Å². The molecule has 0 unspecified atom stereocenters. The molecule has 1 aliphatic rings. The molecule has 28 heavy (non-hydrogen) atoms. The molecule has 4 nitrogen and oxygen atoms in total. The molecule has 0 bridgehead atoms. The van der Waals surface area contributed by atoms with Gasteiger partial charge in [0, 0.05) is 16.7 Å². The highest BCUT2D eigenvalue weighted by atomic mass is 32.2. The van der Waals surface area contributed by atoms with Crippen molar-refractivity contribution in [1.29, 1.82) is 0 Å². The normalized spacial score (nSPS) is 12.2. The Morgan fingerprint density at radius 3 is 2.61 bits per heavy atom. The van der Waals surface area contributed by atoms with Crippen LogP contribution in [0.15, 0.2) is 76.4 Å². The van der Waals surface area contributed by atoms with Gasteiger partial charge in [-0.15, -0.1) is 11.8 Å². The minimum atomic E-state index is -0.494. The van der Waals surface area contributed by atoms with Crippen LogP contribution in [0.5, 0.6) is 0 Å². The first kappa shape index (κ1) is 16.9. The number of nitrogens with zero attached hydrogens (tertiary/aromatic N) is 2. The summed E-state index contributed by atoms with van der Waals surface area (Å²) in [6.45, 7) is 0. The Morgan fingerprint density at radius 2 is 1.79 bits per heavy atom. The molecule has 0 aliphatic carbocycles. The summed E-state index contributed by atoms with van der Waals surface area (Å²) in [5.74, 6) is -0.00193. The smallest absolute Gasteiger partial charge is 0.266 e. The van der Waals surface area contributed by atoms with E-state index in [2.05, 4.69) is 17.1 Å². The number of thioether (sulfide) groups is 1. The third-order valence-electron chi connectivity index (χ3n) is 4.74. The summed E-state index contributed by atoms with van der Waals surface area (Å²) in [5.41, 5.74) is 1.98. The van der Waals surface area contributed by atoms with E-state index < -0.39 is 5.82 Å². The Hall–Kier alpha value is -3.25. The maximum atomic E-state index is 13.5. The highest BCUT2D eigenvalue weighted by Crippen LogP contribution is 2.31. The first-order valence-corrected chi connectivity index (χ1v) is 9.68. The molecule has 0 atom stereocenters. The summed E-state index contributed by atoms with van der Waals surface area (Å²) in [6, 6.07) is 19.3. The van der Waals surface area contributed by atoms with Crippen molar-refractivity contribution in [3.8, 4) is 5.69 Å². The molecule has 0 amide bonds. The van der Waals surface area contributed by atoms with Crippen molar-refractivity contribution in [1.82, 2.24) is 9.55 Å². The monoisotopic (exact) mass is 388 g/mol. The molecule has 5 rings (SSSR count). The quantitative estimate of drug-likeness (QED) is 0.431. The van der Waals surface area contributed by atoms with E-state index in [1.807, 2.05) is 24.3 Å². The number of rotatable bonds is 3. The molecule has 0 spiro atoms. The number of carbonyl (C=O) groups excluding carboxylic acids is 1. The zero-order valence-electron chi connectivity index (χ0n) is 14.6. The zero-order valence-corrected chi connectivity index (χ0v) is 15.4. The highest BCUT2D eigenvalue weighted by molar-refractivity contribution is 7.98. The number of benzene rings is 3. The predicted molar refractivity (Wildman–Crippen MR) is 107 cm³/mol. The molecule has 0 radical (unpaired) electrons. The fraction of sp³-hybridized carbons (Fsp3) is 0.0455. The van der Waals surface area contributed by atoms with E-state index in [9.17, 15) is 14.0 Å². The first-order chi connectivity index (χ1) is 13.6. The van der Waals surface area contributed by atoms with E-state index in [1.165, 1.54) is 28.3 Å². The summed E-state index contributed by atoms with van der Waals surface area (Å²) >= 11 is 1.62. The van der Waals surface area contributed by atoms with Gasteiger partial charge in [0.2, 0.25) is 5.78 Å². The lowest BCUT2D eigenvalue weighted by Crippen LogP contribution is -2.21. The lowest BCUT2D eigenvalue weighted by Gasteiger charge is -2.07. The van der Waals surface area contributed by atoms with Crippen LogP contribution in [-0.4, -0.2) is 15.3 Å². The molecule has 1 aromatic heterocycles. The van der Waals surface area contributed by atoms with Gasteiger partial charge in [-0.25, -0.2) is 9.37 Å². The molecule has 6 heteroatoms. The molecular formula is C22H13FN2O2S. The van der Waals surface area contributed by atoms with Crippen LogP contribution in [0.4, 0.5) is 4.39 Å². The number of hydrogen-bond acceptors (Lipinski definition) is 4. The number of carbonyl (C=O) groups is 1. The van der Waals surface area contributed by atoms with Crippen molar-refractivity contribution in [3.05, 3.63) is 99.9 Å². The van der Waals surface area contributed by atoms with Gasteiger partial charge in [-0.2, -0.15) is 0 Å². The SMILES string of the molecule is O=C1c2cc(SCc3ccccc3)ccc2-n2c1nc1cc(F)ccc1c2=O. The molecule has 0 N–H and O–H groups in total. The van der Waals surface area contributed by atoms with Crippen molar-refractivity contribution in [2.75, 3.05) is 0 Å². The van der Waals surface area contributed by atoms with E-state index in [-0.39, 0.29) is 28.1 Å². The Morgan fingerprint density at radius 1 is 0.964 bits per heavy atom. The molecule has 0 saturated carbocycles. The molecule has 3 aromatic carbocycles. The minimum absolute atomic E-state index is 0.0308. The molecular weight excluding hydrogens is 375 g/mol. The van der Waals surface area contributed by atoms with Crippen LogP contribution in [0, 0.1) is 5.82 Å². The number of fused-ring (bicyclic) bond motifs is 4. The second-order valence-corrected chi connectivity index (χ2v) is 7.57. The van der Waals surface area contributed by atoms with Crippen molar-refractivity contribution in [3.63, 3.8) is 0 Å². The maximum Gasteiger partial charge on any atom is 0.266 e. The zero-order chi connectivity index (χ0) is 19.3. The van der Waals surface area contributed by atoms with Gasteiger partial charge in [0.05, 0.1) is 22.2 Å². The molecule has 4 aromatic rings. The largest absolute Gasteiger partial charge is 0.285 e. The maximum absolute atomic E-state index is 13.5. The van der Waals surface area contributed by atoms with E-state index in [0.717, 1.165) is 10.6 Å². The molecule has 1 aliphatic heterocycles. The fourth-order valence-corrected chi connectivity index (χ4v) is 4.27. The van der Waals surface area contributed by atoms with Gasteiger partial charge in [-0.1, -0.05) is 30.3 Å². The Bertz CT molecular complexity index is 1320. The standard InChI is InChI=1S/C22H13FN2O2S/c23-14-6-8-16-18(10-14)24-21-20(26)17-11-15(7-9-19(17)25(21)22(16)27)28-12-13-4-2-1-3-5-13/h1-11H,12H2. The number of halogens is 1. The Labute approximate surface area is 163 Å². The van der Waals surface area contributed by atoms with Gasteiger partial charge in [0.15, 0.2) is 5.82 Å².